The number of anilines is 2. The van der Waals surface area contributed by atoms with E-state index in [0.29, 0.717) is 22.3 Å². The fourth-order valence-electron chi connectivity index (χ4n) is 2.51. The second-order valence-electron chi connectivity index (χ2n) is 5.07. The van der Waals surface area contributed by atoms with E-state index in [4.69, 9.17) is 28.9 Å². The minimum Gasteiger partial charge on any atom is -0.397 e. The van der Waals surface area contributed by atoms with Crippen molar-refractivity contribution in [1.82, 2.24) is 0 Å². The number of hydrogen-bond acceptors (Lipinski definition) is 3. The van der Waals surface area contributed by atoms with Crippen LogP contribution in [0.5, 0.6) is 0 Å². The Kier molecular flexibility index (Phi) is 4.25. The number of aliphatic hydroxyl groups excluding tert-OH is 1. The van der Waals surface area contributed by atoms with Crippen molar-refractivity contribution in [3.63, 3.8) is 0 Å². The summed E-state index contributed by atoms with van der Waals surface area (Å²) >= 11 is 11.9. The molecule has 1 saturated carbocycles. The van der Waals surface area contributed by atoms with Gasteiger partial charge in [-0.2, -0.15) is 0 Å². The summed E-state index contributed by atoms with van der Waals surface area (Å²) in [7, 11) is 0. The Hall–Kier alpha value is -0.640. The van der Waals surface area contributed by atoms with Crippen LogP contribution in [0.2, 0.25) is 10.0 Å². The van der Waals surface area contributed by atoms with Crippen molar-refractivity contribution in [2.75, 3.05) is 24.2 Å². The molecule has 0 saturated heterocycles. The second kappa shape index (κ2) is 5.55. The van der Waals surface area contributed by atoms with Crippen LogP contribution in [0.15, 0.2) is 12.1 Å². The Morgan fingerprint density at radius 2 is 1.83 bits per heavy atom. The van der Waals surface area contributed by atoms with Crippen molar-refractivity contribution < 1.29 is 5.11 Å². The summed E-state index contributed by atoms with van der Waals surface area (Å²) in [4.78, 5) is 0. The SMILES string of the molecule is Nc1cc(Cl)c(Cl)cc1NCC1(CO)CCCC1. The maximum absolute atomic E-state index is 9.54. The zero-order chi connectivity index (χ0) is 13.2. The predicted molar refractivity (Wildman–Crippen MR) is 77.4 cm³/mol. The number of hydrogen-bond donors (Lipinski definition) is 3. The minimum atomic E-state index is -0.0153. The lowest BCUT2D eigenvalue weighted by atomic mass is 9.87. The first-order valence-corrected chi connectivity index (χ1v) is 6.91. The molecule has 0 radical (unpaired) electrons. The van der Waals surface area contributed by atoms with E-state index in [-0.39, 0.29) is 12.0 Å². The highest BCUT2D eigenvalue weighted by Gasteiger charge is 2.33. The molecule has 0 aromatic heterocycles. The van der Waals surface area contributed by atoms with E-state index in [2.05, 4.69) is 5.32 Å². The molecule has 1 fully saturated rings. The third kappa shape index (κ3) is 2.85. The van der Waals surface area contributed by atoms with Crippen LogP contribution < -0.4 is 11.1 Å². The van der Waals surface area contributed by atoms with Gasteiger partial charge in [-0.05, 0) is 25.0 Å². The summed E-state index contributed by atoms with van der Waals surface area (Å²) in [5, 5.41) is 13.8. The normalized spacial score (nSPS) is 17.9. The Labute approximate surface area is 117 Å². The third-order valence-electron chi connectivity index (χ3n) is 3.75. The zero-order valence-electron chi connectivity index (χ0n) is 10.2. The van der Waals surface area contributed by atoms with Gasteiger partial charge in [0.2, 0.25) is 0 Å². The molecule has 0 spiro atoms. The summed E-state index contributed by atoms with van der Waals surface area (Å²) in [6.45, 7) is 0.923. The first-order chi connectivity index (χ1) is 8.56. The molecule has 5 heteroatoms. The average molecular weight is 289 g/mol. The van der Waals surface area contributed by atoms with Crippen LogP contribution in [0.1, 0.15) is 25.7 Å². The maximum Gasteiger partial charge on any atom is 0.0614 e. The van der Waals surface area contributed by atoms with Crippen LogP contribution in [0.4, 0.5) is 11.4 Å². The topological polar surface area (TPSA) is 58.3 Å². The first kappa shape index (κ1) is 13.8. The fourth-order valence-corrected chi connectivity index (χ4v) is 2.85. The highest BCUT2D eigenvalue weighted by Crippen LogP contribution is 2.38. The predicted octanol–water partition coefficient (Wildman–Crippen LogP) is 3.54. The number of aliphatic hydroxyl groups is 1. The zero-order valence-corrected chi connectivity index (χ0v) is 11.7. The smallest absolute Gasteiger partial charge is 0.0614 e. The van der Waals surface area contributed by atoms with E-state index in [0.717, 1.165) is 18.5 Å². The van der Waals surface area contributed by atoms with E-state index < -0.39 is 0 Å². The lowest BCUT2D eigenvalue weighted by Gasteiger charge is -2.27. The largest absolute Gasteiger partial charge is 0.397 e. The number of nitrogens with one attached hydrogen (secondary N) is 1. The van der Waals surface area contributed by atoms with Gasteiger partial charge in [0.05, 0.1) is 28.0 Å². The second-order valence-corrected chi connectivity index (χ2v) is 5.89. The van der Waals surface area contributed by atoms with Crippen LogP contribution >= 0.6 is 23.2 Å². The maximum atomic E-state index is 9.54. The molecule has 1 aromatic carbocycles. The lowest BCUT2D eigenvalue weighted by molar-refractivity contribution is 0.142. The molecule has 100 valence electrons. The van der Waals surface area contributed by atoms with Crippen LogP contribution in [-0.4, -0.2) is 18.3 Å². The van der Waals surface area contributed by atoms with E-state index in [9.17, 15) is 5.11 Å². The molecule has 2 rings (SSSR count). The Bertz CT molecular complexity index is 431. The molecule has 0 bridgehead atoms. The van der Waals surface area contributed by atoms with Crippen LogP contribution in [0.25, 0.3) is 0 Å². The van der Waals surface area contributed by atoms with E-state index in [1.165, 1.54) is 12.8 Å². The molecule has 1 aliphatic rings. The van der Waals surface area contributed by atoms with Gasteiger partial charge in [-0.15, -0.1) is 0 Å². The van der Waals surface area contributed by atoms with Crippen LogP contribution in [0.3, 0.4) is 0 Å². The van der Waals surface area contributed by atoms with E-state index in [1.807, 2.05) is 0 Å². The lowest BCUT2D eigenvalue weighted by Crippen LogP contribution is -2.30. The monoisotopic (exact) mass is 288 g/mol. The fraction of sp³-hybridized carbons (Fsp3) is 0.538. The Morgan fingerprint density at radius 3 is 2.44 bits per heavy atom. The number of benzene rings is 1. The molecule has 0 aliphatic heterocycles. The minimum absolute atomic E-state index is 0.0153. The number of nitrogen functional groups attached to an aromatic ring is 1. The van der Waals surface area contributed by atoms with Gasteiger partial charge in [0.15, 0.2) is 0 Å². The summed E-state index contributed by atoms with van der Waals surface area (Å²) in [6.07, 6.45) is 4.47. The molecule has 4 N–H and O–H groups in total. The van der Waals surface area contributed by atoms with Crippen LogP contribution in [0, 0.1) is 5.41 Å². The summed E-state index contributed by atoms with van der Waals surface area (Å²) in [5.41, 5.74) is 7.24. The van der Waals surface area contributed by atoms with Gasteiger partial charge in [-0.3, -0.25) is 0 Å². The summed E-state index contributed by atoms with van der Waals surface area (Å²) < 4.78 is 0. The van der Waals surface area contributed by atoms with Crippen molar-refractivity contribution in [2.24, 2.45) is 5.41 Å². The van der Waals surface area contributed by atoms with Crippen molar-refractivity contribution in [3.8, 4) is 0 Å². The Balaban J connectivity index is 2.08. The Morgan fingerprint density at radius 1 is 1.22 bits per heavy atom. The third-order valence-corrected chi connectivity index (χ3v) is 4.47. The standard InChI is InChI=1S/C13H18Cl2N2O/c14-9-5-11(16)12(6-10(9)15)17-7-13(8-18)3-1-2-4-13/h5-6,17-18H,1-4,7-8,16H2. The molecule has 0 amide bonds. The molecule has 0 atom stereocenters. The van der Waals surface area contributed by atoms with Crippen molar-refractivity contribution >= 4 is 34.6 Å². The highest BCUT2D eigenvalue weighted by atomic mass is 35.5. The van der Waals surface area contributed by atoms with E-state index in [1.54, 1.807) is 12.1 Å². The number of rotatable bonds is 4. The molecule has 18 heavy (non-hydrogen) atoms. The van der Waals surface area contributed by atoms with Gasteiger partial charge in [-0.25, -0.2) is 0 Å². The van der Waals surface area contributed by atoms with Gasteiger partial charge in [0, 0.05) is 12.0 Å². The first-order valence-electron chi connectivity index (χ1n) is 6.16. The molecule has 3 nitrogen and oxygen atoms in total. The van der Waals surface area contributed by atoms with Crippen molar-refractivity contribution in [1.29, 1.82) is 0 Å². The molecular formula is C13H18Cl2N2O. The van der Waals surface area contributed by atoms with Gasteiger partial charge in [0.25, 0.3) is 0 Å². The highest BCUT2D eigenvalue weighted by molar-refractivity contribution is 6.42. The molecule has 1 aliphatic carbocycles. The molecular weight excluding hydrogens is 271 g/mol. The van der Waals surface area contributed by atoms with Crippen LogP contribution in [-0.2, 0) is 0 Å². The van der Waals surface area contributed by atoms with E-state index >= 15 is 0 Å². The van der Waals surface area contributed by atoms with Gasteiger partial charge in [-0.1, -0.05) is 36.0 Å². The van der Waals surface area contributed by atoms with Gasteiger partial charge >= 0.3 is 0 Å². The van der Waals surface area contributed by atoms with Crippen molar-refractivity contribution in [3.05, 3.63) is 22.2 Å². The summed E-state index contributed by atoms with van der Waals surface area (Å²) in [5.74, 6) is 0. The quantitative estimate of drug-likeness (QED) is 0.743. The average Bonchev–Trinajstić information content (AvgIpc) is 2.82. The molecule has 0 heterocycles. The molecule has 1 aromatic rings. The summed E-state index contributed by atoms with van der Waals surface area (Å²) in [6, 6.07) is 3.38. The van der Waals surface area contributed by atoms with Gasteiger partial charge < -0.3 is 16.2 Å². The number of nitrogens with two attached hydrogens (primary N) is 1. The molecule has 0 unspecified atom stereocenters. The van der Waals surface area contributed by atoms with Gasteiger partial charge in [0.1, 0.15) is 0 Å². The van der Waals surface area contributed by atoms with Crippen molar-refractivity contribution in [2.45, 2.75) is 25.7 Å². The number of halogens is 2.